The fourth-order valence-electron chi connectivity index (χ4n) is 3.41. The molecule has 2 heterocycles. The normalized spacial score (nSPS) is 16.1. The van der Waals surface area contributed by atoms with E-state index in [-0.39, 0.29) is 40.2 Å². The largest absolute Gasteiger partial charge is 0.463 e. The van der Waals surface area contributed by atoms with Crippen molar-refractivity contribution in [2.24, 2.45) is 5.73 Å². The van der Waals surface area contributed by atoms with Crippen LogP contribution in [0.1, 0.15) is 32.3 Å². The van der Waals surface area contributed by atoms with Gasteiger partial charge in [-0.05, 0) is 41.9 Å². The number of esters is 1. The van der Waals surface area contributed by atoms with E-state index in [1.807, 2.05) is 0 Å². The monoisotopic (exact) mass is 476 g/mol. The van der Waals surface area contributed by atoms with Crippen molar-refractivity contribution >= 4 is 46.7 Å². The van der Waals surface area contributed by atoms with Crippen LogP contribution < -0.4 is 16.0 Å². The van der Waals surface area contributed by atoms with E-state index in [9.17, 15) is 14.9 Å². The maximum atomic E-state index is 13.0. The summed E-state index contributed by atoms with van der Waals surface area (Å²) in [5.41, 5.74) is 7.22. The Morgan fingerprint density at radius 2 is 2.09 bits per heavy atom. The summed E-state index contributed by atoms with van der Waals surface area (Å²) in [6, 6.07) is 6.77. The van der Waals surface area contributed by atoms with Gasteiger partial charge in [0.25, 0.3) is 0 Å². The van der Waals surface area contributed by atoms with Gasteiger partial charge in [0.1, 0.15) is 5.82 Å². The van der Waals surface area contributed by atoms with Gasteiger partial charge in [0, 0.05) is 22.7 Å². The van der Waals surface area contributed by atoms with Crippen molar-refractivity contribution in [1.82, 2.24) is 10.3 Å². The number of carbonyl (C=O) groups is 2. The van der Waals surface area contributed by atoms with Gasteiger partial charge in [0.2, 0.25) is 17.5 Å². The van der Waals surface area contributed by atoms with E-state index in [0.717, 1.165) is 0 Å². The number of halogens is 2. The third-order valence-electron chi connectivity index (χ3n) is 4.69. The quantitative estimate of drug-likeness (QED) is 0.618. The number of anilines is 2. The Balaban J connectivity index is 2.29. The highest BCUT2D eigenvalue weighted by atomic mass is 35.5. The Morgan fingerprint density at radius 1 is 1.38 bits per heavy atom. The van der Waals surface area contributed by atoms with Gasteiger partial charge in [-0.2, -0.15) is 5.26 Å². The molecule has 3 N–H and O–H groups in total. The Morgan fingerprint density at radius 3 is 2.69 bits per heavy atom. The standard InChI is InChI=1S/C20H18Cl2N6O4/c1-4-31-20(30)15-9(2)28(19-18(25-10(3)29)26-32-27-19)17(24)13(8-23)16(15)12-6-5-11(21)7-14(12)22/h5-7,16H,4,24H2,1-3H3,(H,25,26,29)/t16-/m0/s1. The molecule has 1 aliphatic heterocycles. The minimum absolute atomic E-state index is 0.00889. The molecule has 0 aliphatic carbocycles. The van der Waals surface area contributed by atoms with E-state index in [4.69, 9.17) is 38.3 Å². The third kappa shape index (κ3) is 4.12. The van der Waals surface area contributed by atoms with E-state index < -0.39 is 17.8 Å². The van der Waals surface area contributed by atoms with Gasteiger partial charge in [0.05, 0.1) is 29.7 Å². The molecule has 1 amide bonds. The van der Waals surface area contributed by atoms with Gasteiger partial charge < -0.3 is 15.8 Å². The molecular weight excluding hydrogens is 459 g/mol. The molecule has 0 bridgehead atoms. The number of nitrogens with one attached hydrogen (secondary N) is 1. The maximum Gasteiger partial charge on any atom is 0.336 e. The molecule has 2 aromatic rings. The second-order valence-corrected chi connectivity index (χ2v) is 7.53. The van der Waals surface area contributed by atoms with Crippen LogP contribution in [0.2, 0.25) is 10.0 Å². The number of amides is 1. The maximum absolute atomic E-state index is 13.0. The van der Waals surface area contributed by atoms with E-state index in [0.29, 0.717) is 16.3 Å². The predicted octanol–water partition coefficient (Wildman–Crippen LogP) is 3.47. The average Bonchev–Trinajstić information content (AvgIpc) is 3.15. The third-order valence-corrected chi connectivity index (χ3v) is 5.25. The zero-order chi connectivity index (χ0) is 23.6. The van der Waals surface area contributed by atoms with Crippen LogP contribution in [-0.4, -0.2) is 28.8 Å². The minimum Gasteiger partial charge on any atom is -0.463 e. The second kappa shape index (κ2) is 9.30. The van der Waals surface area contributed by atoms with Gasteiger partial charge in [-0.15, -0.1) is 0 Å². The van der Waals surface area contributed by atoms with Crippen LogP contribution >= 0.6 is 23.2 Å². The molecule has 1 aromatic heterocycles. The fourth-order valence-corrected chi connectivity index (χ4v) is 3.93. The van der Waals surface area contributed by atoms with Crippen molar-refractivity contribution in [2.75, 3.05) is 16.8 Å². The van der Waals surface area contributed by atoms with Crippen molar-refractivity contribution in [2.45, 2.75) is 26.7 Å². The lowest BCUT2D eigenvalue weighted by molar-refractivity contribution is -0.138. The Kier molecular flexibility index (Phi) is 6.72. The van der Waals surface area contributed by atoms with E-state index in [2.05, 4.69) is 21.7 Å². The second-order valence-electron chi connectivity index (χ2n) is 6.68. The molecule has 0 fully saturated rings. The van der Waals surface area contributed by atoms with Crippen LogP contribution in [0.4, 0.5) is 11.6 Å². The van der Waals surface area contributed by atoms with Crippen molar-refractivity contribution in [3.63, 3.8) is 0 Å². The summed E-state index contributed by atoms with van der Waals surface area (Å²) in [4.78, 5) is 25.9. The van der Waals surface area contributed by atoms with Crippen molar-refractivity contribution in [3.05, 3.63) is 56.5 Å². The number of carbonyl (C=O) groups excluding carboxylic acids is 2. The lowest BCUT2D eigenvalue weighted by Crippen LogP contribution is -2.37. The molecule has 12 heteroatoms. The number of nitrogens with zero attached hydrogens (tertiary/aromatic N) is 4. The molecule has 0 spiro atoms. The first-order valence-electron chi connectivity index (χ1n) is 9.34. The lowest BCUT2D eigenvalue weighted by Gasteiger charge is -2.34. The molecule has 166 valence electrons. The highest BCUT2D eigenvalue weighted by Gasteiger charge is 2.41. The van der Waals surface area contributed by atoms with Gasteiger partial charge in [0.15, 0.2) is 0 Å². The zero-order valence-electron chi connectivity index (χ0n) is 17.3. The predicted molar refractivity (Wildman–Crippen MR) is 116 cm³/mol. The average molecular weight is 477 g/mol. The van der Waals surface area contributed by atoms with Crippen LogP contribution in [0.5, 0.6) is 0 Å². The molecule has 1 aliphatic rings. The molecule has 0 radical (unpaired) electrons. The highest BCUT2D eigenvalue weighted by Crippen LogP contribution is 2.45. The number of benzene rings is 1. The number of rotatable bonds is 5. The van der Waals surface area contributed by atoms with Crippen LogP contribution in [-0.2, 0) is 14.3 Å². The lowest BCUT2D eigenvalue weighted by atomic mass is 9.81. The summed E-state index contributed by atoms with van der Waals surface area (Å²) < 4.78 is 10.0. The molecular formula is C20H18Cl2N6O4. The number of aromatic nitrogens is 2. The van der Waals surface area contributed by atoms with E-state index >= 15 is 0 Å². The van der Waals surface area contributed by atoms with Crippen LogP contribution in [0.25, 0.3) is 0 Å². The zero-order valence-corrected chi connectivity index (χ0v) is 18.8. The summed E-state index contributed by atoms with van der Waals surface area (Å²) in [6.45, 7) is 4.63. The SMILES string of the molecule is CCOC(=O)C1=C(C)N(c2nonc2NC(C)=O)C(N)=C(C#N)[C@@H]1c1ccc(Cl)cc1Cl. The summed E-state index contributed by atoms with van der Waals surface area (Å²) in [5, 5.41) is 20.6. The first-order chi connectivity index (χ1) is 15.2. The minimum atomic E-state index is -0.927. The topological polar surface area (TPSA) is 147 Å². The first-order valence-corrected chi connectivity index (χ1v) is 10.1. The van der Waals surface area contributed by atoms with Crippen molar-refractivity contribution in [3.8, 4) is 6.07 Å². The summed E-state index contributed by atoms with van der Waals surface area (Å²) in [6.07, 6.45) is 0. The molecule has 10 nitrogen and oxygen atoms in total. The smallest absolute Gasteiger partial charge is 0.336 e. The Labute approximate surface area is 193 Å². The Hall–Kier alpha value is -3.55. The number of nitriles is 1. The molecule has 0 unspecified atom stereocenters. The van der Waals surface area contributed by atoms with Crippen LogP contribution in [0.15, 0.2) is 45.5 Å². The van der Waals surface area contributed by atoms with Gasteiger partial charge in [-0.3, -0.25) is 9.69 Å². The van der Waals surface area contributed by atoms with E-state index in [1.54, 1.807) is 26.0 Å². The van der Waals surface area contributed by atoms with Gasteiger partial charge in [-0.25, -0.2) is 9.42 Å². The molecule has 1 aromatic carbocycles. The first kappa shape index (κ1) is 23.1. The summed E-state index contributed by atoms with van der Waals surface area (Å²) in [7, 11) is 0. The fraction of sp³-hybridized carbons (Fsp3) is 0.250. The van der Waals surface area contributed by atoms with Crippen LogP contribution in [0, 0.1) is 11.3 Å². The number of ether oxygens (including phenoxy) is 1. The Bertz CT molecular complexity index is 1200. The molecule has 3 rings (SSSR count). The summed E-state index contributed by atoms with van der Waals surface area (Å²) >= 11 is 12.4. The van der Waals surface area contributed by atoms with Gasteiger partial charge >= 0.3 is 5.97 Å². The molecule has 32 heavy (non-hydrogen) atoms. The number of hydrogen-bond acceptors (Lipinski definition) is 9. The van der Waals surface area contributed by atoms with Crippen molar-refractivity contribution in [1.29, 1.82) is 5.26 Å². The number of hydrogen-bond donors (Lipinski definition) is 2. The molecule has 1 atom stereocenters. The number of allylic oxidation sites excluding steroid dienone is 2. The summed E-state index contributed by atoms with van der Waals surface area (Å²) in [5.74, 6) is -2.13. The molecule has 0 saturated carbocycles. The van der Waals surface area contributed by atoms with E-state index in [1.165, 1.54) is 17.9 Å². The van der Waals surface area contributed by atoms with Crippen molar-refractivity contribution < 1.29 is 19.0 Å². The highest BCUT2D eigenvalue weighted by molar-refractivity contribution is 6.35. The molecule has 0 saturated heterocycles. The number of nitrogens with two attached hydrogens (primary N) is 1. The van der Waals surface area contributed by atoms with Gasteiger partial charge in [-0.1, -0.05) is 29.3 Å². The van der Waals surface area contributed by atoms with Crippen LogP contribution in [0.3, 0.4) is 0 Å².